The van der Waals surface area contributed by atoms with E-state index in [1.807, 2.05) is 24.3 Å². The third-order valence-corrected chi connectivity index (χ3v) is 6.18. The molecule has 1 aromatic heterocycles. The van der Waals surface area contributed by atoms with Crippen LogP contribution in [0.3, 0.4) is 0 Å². The first-order valence-corrected chi connectivity index (χ1v) is 10.4. The van der Waals surface area contributed by atoms with E-state index >= 15 is 0 Å². The molecule has 1 aliphatic carbocycles. The van der Waals surface area contributed by atoms with Crippen LogP contribution in [0, 0.1) is 5.41 Å². The minimum atomic E-state index is -0.259. The lowest BCUT2D eigenvalue weighted by Crippen LogP contribution is -2.43. The molecule has 0 fully saturated rings. The first kappa shape index (κ1) is 19.3. The number of Topliss-reactive ketones (excluding diaryl/α,β-unsaturated/α-hetero) is 1. The van der Waals surface area contributed by atoms with E-state index in [4.69, 9.17) is 11.6 Å². The smallest absolute Gasteiger partial charge is 0.232 e. The Bertz CT molecular complexity index is 1000. The van der Waals surface area contributed by atoms with Gasteiger partial charge in [-0.1, -0.05) is 47.4 Å². The lowest BCUT2D eigenvalue weighted by Gasteiger charge is -2.43. The van der Waals surface area contributed by atoms with Crippen molar-refractivity contribution in [3.8, 4) is 0 Å². The van der Waals surface area contributed by atoms with Crippen molar-refractivity contribution >= 4 is 44.9 Å². The molecule has 1 aliphatic heterocycles. The van der Waals surface area contributed by atoms with Crippen molar-refractivity contribution in [2.45, 2.75) is 39.0 Å². The van der Waals surface area contributed by atoms with Crippen molar-refractivity contribution in [3.05, 3.63) is 69.1 Å². The molecule has 2 heterocycles. The molecule has 0 spiro atoms. The number of benzene rings is 1. The highest BCUT2D eigenvalue weighted by Gasteiger charge is 2.44. The van der Waals surface area contributed by atoms with Crippen molar-refractivity contribution in [1.29, 1.82) is 0 Å². The normalized spacial score (nSPS) is 21.7. The van der Waals surface area contributed by atoms with Gasteiger partial charge in [0.25, 0.3) is 0 Å². The molecular formula is C22H20BrClN2O2. The van der Waals surface area contributed by atoms with Gasteiger partial charge in [0.2, 0.25) is 5.91 Å². The van der Waals surface area contributed by atoms with Crippen LogP contribution in [0.4, 0.5) is 5.69 Å². The van der Waals surface area contributed by atoms with Crippen molar-refractivity contribution < 1.29 is 9.59 Å². The second kappa shape index (κ2) is 7.12. The first-order valence-electron chi connectivity index (χ1n) is 9.21. The van der Waals surface area contributed by atoms with E-state index in [2.05, 4.69) is 34.8 Å². The number of halogens is 2. The van der Waals surface area contributed by atoms with Crippen LogP contribution < -0.4 is 4.90 Å². The van der Waals surface area contributed by atoms with Crippen LogP contribution in [-0.2, 0) is 9.59 Å². The summed E-state index contributed by atoms with van der Waals surface area (Å²) in [5.41, 5.74) is 2.81. The van der Waals surface area contributed by atoms with Gasteiger partial charge in [-0.15, -0.1) is 0 Å². The zero-order valence-corrected chi connectivity index (χ0v) is 18.0. The third-order valence-electron chi connectivity index (χ3n) is 5.38. The fraction of sp³-hybridized carbons (Fsp3) is 0.318. The number of carbonyl (C=O) groups excluding carboxylic acids is 2. The number of anilines is 1. The van der Waals surface area contributed by atoms with E-state index in [-0.39, 0.29) is 29.4 Å². The quantitative estimate of drug-likeness (QED) is 0.582. The third kappa shape index (κ3) is 3.42. The molecule has 1 aromatic carbocycles. The molecular weight excluding hydrogens is 440 g/mol. The predicted molar refractivity (Wildman–Crippen MR) is 113 cm³/mol. The van der Waals surface area contributed by atoms with Gasteiger partial charge in [0, 0.05) is 46.9 Å². The Kier molecular flexibility index (Phi) is 4.92. The topological polar surface area (TPSA) is 50.3 Å². The van der Waals surface area contributed by atoms with E-state index < -0.39 is 0 Å². The Labute approximate surface area is 177 Å². The summed E-state index contributed by atoms with van der Waals surface area (Å²) in [6, 6.07) is 9.23. The summed E-state index contributed by atoms with van der Waals surface area (Å²) < 4.78 is 0.841. The van der Waals surface area contributed by atoms with Crippen LogP contribution in [-0.4, -0.2) is 16.7 Å². The van der Waals surface area contributed by atoms with Crippen LogP contribution in [0.25, 0.3) is 0 Å². The van der Waals surface area contributed by atoms with Gasteiger partial charge >= 0.3 is 0 Å². The predicted octanol–water partition coefficient (Wildman–Crippen LogP) is 5.66. The molecule has 0 N–H and O–H groups in total. The molecule has 6 heteroatoms. The highest BCUT2D eigenvalue weighted by atomic mass is 79.9. The molecule has 0 radical (unpaired) electrons. The first-order chi connectivity index (χ1) is 13.3. The fourth-order valence-electron chi connectivity index (χ4n) is 4.22. The molecule has 1 amide bonds. The fourth-order valence-corrected chi connectivity index (χ4v) is 4.98. The van der Waals surface area contributed by atoms with Crippen molar-refractivity contribution in [2.24, 2.45) is 5.41 Å². The van der Waals surface area contributed by atoms with Gasteiger partial charge in [-0.3, -0.25) is 19.5 Å². The summed E-state index contributed by atoms with van der Waals surface area (Å²) in [7, 11) is 0. The number of rotatable bonds is 2. The van der Waals surface area contributed by atoms with Crippen LogP contribution in [0.5, 0.6) is 0 Å². The lowest BCUT2D eigenvalue weighted by atomic mass is 9.69. The zero-order chi connectivity index (χ0) is 20.1. The molecule has 4 rings (SSSR count). The number of hydrogen-bond donors (Lipinski definition) is 0. The lowest BCUT2D eigenvalue weighted by molar-refractivity contribution is -0.121. The van der Waals surface area contributed by atoms with Crippen LogP contribution in [0.1, 0.15) is 44.6 Å². The van der Waals surface area contributed by atoms with Gasteiger partial charge in [0.05, 0.1) is 10.7 Å². The molecule has 0 saturated carbocycles. The summed E-state index contributed by atoms with van der Waals surface area (Å²) in [4.78, 5) is 32.3. The van der Waals surface area contributed by atoms with Crippen molar-refractivity contribution in [3.63, 3.8) is 0 Å². The molecule has 4 nitrogen and oxygen atoms in total. The molecule has 28 heavy (non-hydrogen) atoms. The average molecular weight is 460 g/mol. The van der Waals surface area contributed by atoms with Gasteiger partial charge in [0.1, 0.15) is 0 Å². The summed E-state index contributed by atoms with van der Waals surface area (Å²) in [5.74, 6) is -0.210. The van der Waals surface area contributed by atoms with Crippen molar-refractivity contribution in [1.82, 2.24) is 4.98 Å². The number of amides is 1. The number of carbonyl (C=O) groups is 2. The molecule has 144 valence electrons. The second-order valence-electron chi connectivity index (χ2n) is 8.17. The Morgan fingerprint density at radius 1 is 1.21 bits per heavy atom. The minimum Gasteiger partial charge on any atom is -0.294 e. The number of hydrogen-bond acceptors (Lipinski definition) is 3. The summed E-state index contributed by atoms with van der Waals surface area (Å²) >= 11 is 9.89. The van der Waals surface area contributed by atoms with E-state index in [0.29, 0.717) is 23.6 Å². The summed E-state index contributed by atoms with van der Waals surface area (Å²) in [6.07, 6.45) is 4.78. The maximum atomic E-state index is 13.3. The average Bonchev–Trinajstić information content (AvgIpc) is 2.62. The Hall–Kier alpha value is -1.98. The summed E-state index contributed by atoms with van der Waals surface area (Å²) in [5, 5.41) is 0.477. The van der Waals surface area contributed by atoms with Gasteiger partial charge < -0.3 is 0 Å². The molecule has 2 aliphatic rings. The van der Waals surface area contributed by atoms with Crippen LogP contribution in [0.2, 0.25) is 5.02 Å². The van der Waals surface area contributed by atoms with Crippen molar-refractivity contribution in [2.75, 3.05) is 4.90 Å². The molecule has 2 aromatic rings. The van der Waals surface area contributed by atoms with E-state index in [0.717, 1.165) is 21.3 Å². The Balaban J connectivity index is 1.92. The number of aromatic nitrogens is 1. The maximum absolute atomic E-state index is 13.3. The Morgan fingerprint density at radius 2 is 2.00 bits per heavy atom. The van der Waals surface area contributed by atoms with Gasteiger partial charge in [-0.25, -0.2) is 0 Å². The van der Waals surface area contributed by atoms with Crippen LogP contribution in [0.15, 0.2) is 58.5 Å². The second-order valence-corrected chi connectivity index (χ2v) is 9.49. The highest BCUT2D eigenvalue weighted by molar-refractivity contribution is 9.10. The molecule has 0 unspecified atom stereocenters. The monoisotopic (exact) mass is 458 g/mol. The van der Waals surface area contributed by atoms with Crippen LogP contribution >= 0.6 is 27.5 Å². The van der Waals surface area contributed by atoms with E-state index in [1.165, 1.54) is 0 Å². The molecule has 0 saturated heterocycles. The van der Waals surface area contributed by atoms with Gasteiger partial charge in [-0.05, 0) is 41.7 Å². The number of ketones is 1. The largest absolute Gasteiger partial charge is 0.294 e. The zero-order valence-electron chi connectivity index (χ0n) is 15.7. The SMILES string of the molecule is CC1(C)CC(=O)C2=C(C1)N(c1ccc(Br)cc1Cl)C(=O)C[C@@H]2c1cccnc1. The number of allylic oxidation sites excluding steroid dienone is 2. The number of pyridine rings is 1. The highest BCUT2D eigenvalue weighted by Crippen LogP contribution is 2.49. The number of nitrogens with zero attached hydrogens (tertiary/aromatic N) is 2. The van der Waals surface area contributed by atoms with Gasteiger partial charge in [-0.2, -0.15) is 0 Å². The standard InChI is InChI=1S/C22H20BrClN2O2/c1-22(2)10-18-21(19(27)11-22)15(13-4-3-7-25-12-13)9-20(28)26(18)17-6-5-14(23)8-16(17)24/h3-8,12,15H,9-11H2,1-2H3/t15-/m1/s1. The summed E-state index contributed by atoms with van der Waals surface area (Å²) in [6.45, 7) is 4.13. The maximum Gasteiger partial charge on any atom is 0.232 e. The molecule has 1 atom stereocenters. The minimum absolute atomic E-state index is 0.0534. The molecule has 0 bridgehead atoms. The van der Waals surface area contributed by atoms with E-state index in [1.54, 1.807) is 23.4 Å². The Morgan fingerprint density at radius 3 is 2.68 bits per heavy atom. The van der Waals surface area contributed by atoms with E-state index in [9.17, 15) is 9.59 Å². The van der Waals surface area contributed by atoms with Gasteiger partial charge in [0.15, 0.2) is 5.78 Å².